The van der Waals surface area contributed by atoms with E-state index in [4.69, 9.17) is 16.3 Å². The molecule has 0 spiro atoms. The maximum absolute atomic E-state index is 13.1. The second kappa shape index (κ2) is 9.50. The number of hydrogen-bond acceptors (Lipinski definition) is 4. The van der Waals surface area contributed by atoms with Gasteiger partial charge in [-0.05, 0) is 55.7 Å². The minimum Gasteiger partial charge on any atom is -0.497 e. The third-order valence-corrected chi connectivity index (χ3v) is 6.11. The number of rotatable bonds is 8. The normalized spacial score (nSPS) is 13.4. The maximum Gasteiger partial charge on any atom is 0.244 e. The maximum atomic E-state index is 13.1. The van der Waals surface area contributed by atoms with Crippen LogP contribution in [0.2, 0.25) is 5.02 Å². The highest BCUT2D eigenvalue weighted by Gasteiger charge is 2.33. The summed E-state index contributed by atoms with van der Waals surface area (Å²) in [5.74, 6) is 0.346. The van der Waals surface area contributed by atoms with Gasteiger partial charge in [-0.25, -0.2) is 8.42 Å². The van der Waals surface area contributed by atoms with E-state index in [1.54, 1.807) is 39.2 Å². The Kier molecular flexibility index (Phi) is 7.54. The average Bonchev–Trinajstić information content (AvgIpc) is 2.67. The predicted octanol–water partition coefficient (Wildman–Crippen LogP) is 4.08. The molecule has 0 bridgehead atoms. The Morgan fingerprint density at radius 1 is 1.21 bits per heavy atom. The smallest absolute Gasteiger partial charge is 0.244 e. The van der Waals surface area contributed by atoms with Gasteiger partial charge in [0.15, 0.2) is 0 Å². The molecule has 0 fully saturated rings. The Balaban J connectivity index is 2.34. The number of hydrogen-bond donors (Lipinski definition) is 1. The van der Waals surface area contributed by atoms with E-state index in [1.165, 1.54) is 0 Å². The molecule has 2 aromatic rings. The molecule has 2 rings (SSSR count). The second-order valence-corrected chi connectivity index (χ2v) is 9.21. The minimum atomic E-state index is -3.73. The van der Waals surface area contributed by atoms with Crippen LogP contribution < -0.4 is 14.4 Å². The van der Waals surface area contributed by atoms with Gasteiger partial charge in [-0.3, -0.25) is 9.10 Å². The lowest BCUT2D eigenvalue weighted by Crippen LogP contribution is -2.50. The van der Waals surface area contributed by atoms with Crippen molar-refractivity contribution < 1.29 is 17.9 Å². The van der Waals surface area contributed by atoms with Crippen LogP contribution in [0.15, 0.2) is 42.5 Å². The summed E-state index contributed by atoms with van der Waals surface area (Å²) < 4.78 is 31.5. The van der Waals surface area contributed by atoms with Gasteiger partial charge in [-0.2, -0.15) is 0 Å². The van der Waals surface area contributed by atoms with Crippen LogP contribution in [0.1, 0.15) is 37.4 Å². The summed E-state index contributed by atoms with van der Waals surface area (Å²) in [6.07, 6.45) is 1.40. The summed E-state index contributed by atoms with van der Waals surface area (Å²) >= 11 is 6.10. The fourth-order valence-corrected chi connectivity index (χ4v) is 4.57. The van der Waals surface area contributed by atoms with Crippen LogP contribution in [0.3, 0.4) is 0 Å². The molecular weight excluding hydrogens is 412 g/mol. The molecule has 2 aromatic carbocycles. The fourth-order valence-electron chi connectivity index (χ4n) is 3.14. The van der Waals surface area contributed by atoms with Gasteiger partial charge in [0, 0.05) is 5.02 Å². The number of nitrogens with one attached hydrogen (secondary N) is 1. The highest BCUT2D eigenvalue weighted by molar-refractivity contribution is 7.92. The molecule has 2 atom stereocenters. The molecule has 29 heavy (non-hydrogen) atoms. The summed E-state index contributed by atoms with van der Waals surface area (Å²) in [6, 6.07) is 11.1. The molecule has 1 N–H and O–H groups in total. The number of halogens is 1. The third kappa shape index (κ3) is 5.64. The lowest BCUT2D eigenvalue weighted by Gasteiger charge is -2.32. The Morgan fingerprint density at radius 3 is 2.34 bits per heavy atom. The lowest BCUT2D eigenvalue weighted by molar-refractivity contribution is -0.122. The second-order valence-electron chi connectivity index (χ2n) is 6.92. The molecule has 0 aromatic heterocycles. The first-order valence-corrected chi connectivity index (χ1v) is 11.5. The van der Waals surface area contributed by atoms with Gasteiger partial charge in [0.1, 0.15) is 11.8 Å². The first kappa shape index (κ1) is 23.0. The molecule has 8 heteroatoms. The van der Waals surface area contributed by atoms with Gasteiger partial charge < -0.3 is 10.1 Å². The van der Waals surface area contributed by atoms with Crippen molar-refractivity contribution in [1.29, 1.82) is 0 Å². The Morgan fingerprint density at radius 2 is 1.83 bits per heavy atom. The minimum absolute atomic E-state index is 0.302. The lowest BCUT2D eigenvalue weighted by atomic mass is 10.1. The van der Waals surface area contributed by atoms with Gasteiger partial charge in [-0.1, -0.05) is 36.7 Å². The molecule has 0 heterocycles. The number of sulfonamides is 1. The number of methoxy groups -OCH3 is 1. The first-order chi connectivity index (χ1) is 13.6. The zero-order valence-electron chi connectivity index (χ0n) is 17.3. The van der Waals surface area contributed by atoms with Crippen molar-refractivity contribution >= 4 is 33.2 Å². The Bertz CT molecular complexity index is 961. The SMILES string of the molecule is CCC(C(=O)NC(C)c1ccc(OC)cc1)N(c1cc(Cl)ccc1C)S(C)(=O)=O. The van der Waals surface area contributed by atoms with E-state index in [-0.39, 0.29) is 11.9 Å². The quantitative estimate of drug-likeness (QED) is 0.673. The van der Waals surface area contributed by atoms with E-state index in [0.29, 0.717) is 22.7 Å². The monoisotopic (exact) mass is 438 g/mol. The van der Waals surface area contributed by atoms with Crippen molar-refractivity contribution in [3.8, 4) is 5.75 Å². The summed E-state index contributed by atoms with van der Waals surface area (Å²) in [5, 5.41) is 3.33. The summed E-state index contributed by atoms with van der Waals surface area (Å²) in [6.45, 7) is 5.41. The van der Waals surface area contributed by atoms with Gasteiger partial charge in [0.25, 0.3) is 0 Å². The zero-order chi connectivity index (χ0) is 21.8. The van der Waals surface area contributed by atoms with Crippen molar-refractivity contribution in [3.05, 3.63) is 58.6 Å². The number of carbonyl (C=O) groups excluding carboxylic acids is 1. The van der Waals surface area contributed by atoms with Crippen molar-refractivity contribution in [2.45, 2.75) is 39.3 Å². The fraction of sp³-hybridized carbons (Fsp3) is 0.381. The van der Waals surface area contributed by atoms with Crippen molar-refractivity contribution in [2.75, 3.05) is 17.7 Å². The van der Waals surface area contributed by atoms with Gasteiger partial charge in [0.05, 0.1) is 25.1 Å². The van der Waals surface area contributed by atoms with E-state index >= 15 is 0 Å². The van der Waals surface area contributed by atoms with Gasteiger partial charge >= 0.3 is 0 Å². The molecule has 0 aliphatic heterocycles. The number of benzene rings is 2. The molecular formula is C21H27ClN2O4S. The molecule has 0 radical (unpaired) electrons. The van der Waals surface area contributed by atoms with Crippen LogP contribution in [0, 0.1) is 6.92 Å². The molecule has 0 aliphatic carbocycles. The van der Waals surface area contributed by atoms with E-state index < -0.39 is 16.1 Å². The number of nitrogens with zero attached hydrogens (tertiary/aromatic N) is 1. The van der Waals surface area contributed by atoms with Crippen LogP contribution in [0.4, 0.5) is 5.69 Å². The number of carbonyl (C=O) groups is 1. The van der Waals surface area contributed by atoms with E-state index in [1.807, 2.05) is 31.2 Å². The van der Waals surface area contributed by atoms with Crippen LogP contribution >= 0.6 is 11.6 Å². The third-order valence-electron chi connectivity index (χ3n) is 4.71. The topological polar surface area (TPSA) is 75.7 Å². The Hall–Kier alpha value is -2.25. The molecule has 6 nitrogen and oxygen atoms in total. The molecule has 158 valence electrons. The molecule has 0 saturated heterocycles. The van der Waals surface area contributed by atoms with E-state index in [2.05, 4.69) is 5.32 Å². The number of amides is 1. The first-order valence-electron chi connectivity index (χ1n) is 9.28. The van der Waals surface area contributed by atoms with Crippen LogP contribution in [-0.2, 0) is 14.8 Å². The van der Waals surface area contributed by atoms with Crippen molar-refractivity contribution in [3.63, 3.8) is 0 Å². The number of anilines is 1. The van der Waals surface area contributed by atoms with Gasteiger partial charge in [0.2, 0.25) is 15.9 Å². The number of ether oxygens (including phenoxy) is 1. The Labute approximate surface area is 177 Å². The van der Waals surface area contributed by atoms with E-state index in [9.17, 15) is 13.2 Å². The molecule has 0 aliphatic rings. The molecule has 0 saturated carbocycles. The summed E-state index contributed by atoms with van der Waals surface area (Å²) in [5.41, 5.74) is 2.01. The van der Waals surface area contributed by atoms with E-state index in [0.717, 1.165) is 21.9 Å². The van der Waals surface area contributed by atoms with Crippen molar-refractivity contribution in [1.82, 2.24) is 5.32 Å². The van der Waals surface area contributed by atoms with Crippen LogP contribution in [0.5, 0.6) is 5.75 Å². The van der Waals surface area contributed by atoms with Crippen LogP contribution in [0.25, 0.3) is 0 Å². The highest BCUT2D eigenvalue weighted by atomic mass is 35.5. The number of aryl methyl sites for hydroxylation is 1. The van der Waals surface area contributed by atoms with Crippen molar-refractivity contribution in [2.24, 2.45) is 0 Å². The molecule has 2 unspecified atom stereocenters. The van der Waals surface area contributed by atoms with Crippen LogP contribution in [-0.4, -0.2) is 33.7 Å². The zero-order valence-corrected chi connectivity index (χ0v) is 18.8. The van der Waals surface area contributed by atoms with Gasteiger partial charge in [-0.15, -0.1) is 0 Å². The predicted molar refractivity (Wildman–Crippen MR) is 117 cm³/mol. The standard InChI is InChI=1S/C21H27ClN2O4S/c1-6-19(21(25)23-15(3)16-8-11-18(28-4)12-9-16)24(29(5,26)27)20-13-17(22)10-7-14(20)2/h7-13,15,19H,6H2,1-5H3,(H,23,25). The summed E-state index contributed by atoms with van der Waals surface area (Å²) in [4.78, 5) is 13.1. The molecule has 1 amide bonds. The average molecular weight is 439 g/mol. The largest absolute Gasteiger partial charge is 0.497 e. The summed E-state index contributed by atoms with van der Waals surface area (Å²) in [7, 11) is -2.14. The highest BCUT2D eigenvalue weighted by Crippen LogP contribution is 2.29.